The molecule has 0 fully saturated rings. The highest BCUT2D eigenvalue weighted by Gasteiger charge is 2.20. The van der Waals surface area contributed by atoms with E-state index >= 15 is 0 Å². The lowest BCUT2D eigenvalue weighted by molar-refractivity contribution is -0.136. The van der Waals surface area contributed by atoms with Gasteiger partial charge in [-0.05, 0) is 45.9 Å². The smallest absolute Gasteiger partial charge is 0.412 e. The van der Waals surface area contributed by atoms with Crippen molar-refractivity contribution in [1.82, 2.24) is 5.32 Å². The molecular weight excluding hydrogens is 289 g/mol. The van der Waals surface area contributed by atoms with Crippen molar-refractivity contribution in [3.63, 3.8) is 0 Å². The first-order chi connectivity index (χ1) is 10.1. The Labute approximate surface area is 129 Å². The van der Waals surface area contributed by atoms with Crippen LogP contribution in [0.3, 0.4) is 0 Å². The minimum Gasteiger partial charge on any atom is -0.464 e. The number of hydrogen-bond donors (Lipinski definition) is 1. The molecule has 0 unspecified atom stereocenters. The molecule has 5 nitrogen and oxygen atoms in total. The van der Waals surface area contributed by atoms with Crippen molar-refractivity contribution in [1.29, 1.82) is 0 Å². The van der Waals surface area contributed by atoms with Crippen LogP contribution in [0.4, 0.5) is 9.18 Å². The first kappa shape index (κ1) is 17.7. The predicted molar refractivity (Wildman–Crippen MR) is 80.5 cm³/mol. The van der Waals surface area contributed by atoms with Crippen LogP contribution in [0.15, 0.2) is 23.9 Å². The summed E-state index contributed by atoms with van der Waals surface area (Å²) >= 11 is 0. The molecule has 0 radical (unpaired) electrons. The Morgan fingerprint density at radius 1 is 1.27 bits per heavy atom. The van der Waals surface area contributed by atoms with Gasteiger partial charge in [0.15, 0.2) is 0 Å². The monoisotopic (exact) mass is 309 g/mol. The third-order valence-electron chi connectivity index (χ3n) is 2.49. The molecule has 1 N–H and O–H groups in total. The number of hydrogen-bond acceptors (Lipinski definition) is 4. The Morgan fingerprint density at radius 2 is 1.91 bits per heavy atom. The van der Waals surface area contributed by atoms with Gasteiger partial charge in [0.2, 0.25) is 0 Å². The number of halogens is 1. The van der Waals surface area contributed by atoms with Crippen LogP contribution >= 0.6 is 0 Å². The Hall–Kier alpha value is -2.37. The van der Waals surface area contributed by atoms with Crippen LogP contribution in [0, 0.1) is 12.7 Å². The lowest BCUT2D eigenvalue weighted by Crippen LogP contribution is -2.34. The van der Waals surface area contributed by atoms with E-state index in [4.69, 9.17) is 4.74 Å². The molecule has 1 amide bonds. The Balaban J connectivity index is 3.08. The summed E-state index contributed by atoms with van der Waals surface area (Å²) in [6, 6.07) is 4.43. The zero-order valence-electron chi connectivity index (χ0n) is 13.3. The highest BCUT2D eigenvalue weighted by Crippen LogP contribution is 2.14. The molecule has 0 saturated carbocycles. The zero-order chi connectivity index (χ0) is 16.9. The van der Waals surface area contributed by atoms with E-state index in [-0.39, 0.29) is 11.3 Å². The van der Waals surface area contributed by atoms with E-state index in [1.54, 1.807) is 39.8 Å². The maximum atomic E-state index is 13.8. The molecule has 1 aromatic rings. The number of methoxy groups -OCH3 is 1. The molecule has 120 valence electrons. The van der Waals surface area contributed by atoms with Crippen molar-refractivity contribution in [2.75, 3.05) is 7.11 Å². The Morgan fingerprint density at radius 3 is 2.45 bits per heavy atom. The van der Waals surface area contributed by atoms with Gasteiger partial charge in [0.1, 0.15) is 17.1 Å². The molecule has 0 spiro atoms. The number of esters is 1. The predicted octanol–water partition coefficient (Wildman–Crippen LogP) is 3.17. The highest BCUT2D eigenvalue weighted by atomic mass is 19.1. The molecular formula is C16H20FNO4. The fourth-order valence-corrected chi connectivity index (χ4v) is 1.60. The standard InChI is InChI=1S/C16H20FNO4/c1-10-6-7-12(17)11(8-10)9-13(14(19)21-5)18-15(20)22-16(2,3)4/h6-9H,1-5H3,(H,18,20)/b13-9-. The molecule has 0 saturated heterocycles. The second kappa shape index (κ2) is 7.06. The van der Waals surface area contributed by atoms with Gasteiger partial charge in [0.25, 0.3) is 0 Å². The quantitative estimate of drug-likeness (QED) is 0.688. The number of benzene rings is 1. The summed E-state index contributed by atoms with van der Waals surface area (Å²) in [5, 5.41) is 2.28. The molecule has 0 aliphatic heterocycles. The lowest BCUT2D eigenvalue weighted by atomic mass is 10.1. The summed E-state index contributed by atoms with van der Waals surface area (Å²) in [6.45, 7) is 6.85. The molecule has 0 aromatic heterocycles. The van der Waals surface area contributed by atoms with E-state index in [1.807, 2.05) is 0 Å². The second-order valence-electron chi connectivity index (χ2n) is 5.70. The summed E-state index contributed by atoms with van der Waals surface area (Å²) in [6.07, 6.45) is 0.384. The zero-order valence-corrected chi connectivity index (χ0v) is 13.3. The number of aryl methyl sites for hydroxylation is 1. The molecule has 0 aliphatic rings. The van der Waals surface area contributed by atoms with Crippen LogP contribution in [-0.2, 0) is 14.3 Å². The number of ether oxygens (including phenoxy) is 2. The second-order valence-corrected chi connectivity index (χ2v) is 5.70. The van der Waals surface area contributed by atoms with Gasteiger partial charge < -0.3 is 9.47 Å². The summed E-state index contributed by atoms with van der Waals surface area (Å²) < 4.78 is 23.4. The van der Waals surface area contributed by atoms with Gasteiger partial charge in [-0.15, -0.1) is 0 Å². The average Bonchev–Trinajstić information content (AvgIpc) is 2.39. The Kier molecular flexibility index (Phi) is 5.68. The van der Waals surface area contributed by atoms with Crippen molar-refractivity contribution in [2.45, 2.75) is 33.3 Å². The number of nitrogens with one attached hydrogen (secondary N) is 1. The van der Waals surface area contributed by atoms with Crippen molar-refractivity contribution in [2.24, 2.45) is 0 Å². The number of alkyl carbamates (subject to hydrolysis) is 1. The molecule has 0 heterocycles. The largest absolute Gasteiger partial charge is 0.464 e. The third kappa shape index (κ3) is 5.55. The number of amides is 1. The fourth-order valence-electron chi connectivity index (χ4n) is 1.60. The lowest BCUT2D eigenvalue weighted by Gasteiger charge is -2.20. The van der Waals surface area contributed by atoms with E-state index in [1.165, 1.54) is 19.3 Å². The summed E-state index contributed by atoms with van der Waals surface area (Å²) in [4.78, 5) is 23.5. The van der Waals surface area contributed by atoms with Crippen molar-refractivity contribution in [3.8, 4) is 0 Å². The first-order valence-electron chi connectivity index (χ1n) is 6.68. The van der Waals surface area contributed by atoms with Crippen LogP contribution in [0.5, 0.6) is 0 Å². The molecule has 0 atom stereocenters. The van der Waals surface area contributed by atoms with Gasteiger partial charge in [-0.3, -0.25) is 5.32 Å². The van der Waals surface area contributed by atoms with Crippen LogP contribution in [0.2, 0.25) is 0 Å². The molecule has 6 heteroatoms. The van der Waals surface area contributed by atoms with E-state index in [0.717, 1.165) is 5.56 Å². The van der Waals surface area contributed by atoms with Gasteiger partial charge in [-0.25, -0.2) is 14.0 Å². The van der Waals surface area contributed by atoms with Gasteiger partial charge in [-0.1, -0.05) is 11.6 Å². The minimum atomic E-state index is -0.822. The first-order valence-corrected chi connectivity index (χ1v) is 6.68. The normalized spacial score (nSPS) is 11.8. The molecule has 1 rings (SSSR count). The molecule has 0 bridgehead atoms. The summed E-state index contributed by atoms with van der Waals surface area (Å²) in [5.74, 6) is -1.32. The van der Waals surface area contributed by atoms with Crippen molar-refractivity contribution >= 4 is 18.1 Å². The van der Waals surface area contributed by atoms with Crippen LogP contribution in [0.1, 0.15) is 31.9 Å². The van der Waals surface area contributed by atoms with E-state index < -0.39 is 23.5 Å². The summed E-state index contributed by atoms with van der Waals surface area (Å²) in [7, 11) is 1.17. The summed E-state index contributed by atoms with van der Waals surface area (Å²) in [5.41, 5.74) is 0.0479. The topological polar surface area (TPSA) is 64.6 Å². The number of carbonyl (C=O) groups excluding carboxylic acids is 2. The maximum absolute atomic E-state index is 13.8. The highest BCUT2D eigenvalue weighted by molar-refractivity contribution is 5.96. The van der Waals surface area contributed by atoms with Crippen LogP contribution < -0.4 is 5.32 Å². The SMILES string of the molecule is COC(=O)/C(=C/c1cc(C)ccc1F)NC(=O)OC(C)(C)C. The van der Waals surface area contributed by atoms with Gasteiger partial charge in [-0.2, -0.15) is 0 Å². The molecule has 1 aromatic carbocycles. The molecule has 0 aliphatic carbocycles. The van der Waals surface area contributed by atoms with E-state index in [2.05, 4.69) is 10.1 Å². The Bertz CT molecular complexity index is 603. The number of carbonyl (C=O) groups is 2. The van der Waals surface area contributed by atoms with Crippen molar-refractivity contribution < 1.29 is 23.5 Å². The number of rotatable bonds is 3. The average molecular weight is 309 g/mol. The molecule has 22 heavy (non-hydrogen) atoms. The van der Waals surface area contributed by atoms with E-state index in [9.17, 15) is 14.0 Å². The van der Waals surface area contributed by atoms with Crippen LogP contribution in [-0.4, -0.2) is 24.8 Å². The van der Waals surface area contributed by atoms with Crippen LogP contribution in [0.25, 0.3) is 6.08 Å². The van der Waals surface area contributed by atoms with Gasteiger partial charge in [0, 0.05) is 5.56 Å². The van der Waals surface area contributed by atoms with Crippen molar-refractivity contribution in [3.05, 3.63) is 40.8 Å². The third-order valence-corrected chi connectivity index (χ3v) is 2.49. The maximum Gasteiger partial charge on any atom is 0.412 e. The minimum absolute atomic E-state index is 0.163. The van der Waals surface area contributed by atoms with E-state index in [0.29, 0.717) is 0 Å². The van der Waals surface area contributed by atoms with Gasteiger partial charge in [0.05, 0.1) is 7.11 Å². The fraction of sp³-hybridized carbons (Fsp3) is 0.375. The van der Waals surface area contributed by atoms with Gasteiger partial charge >= 0.3 is 12.1 Å².